The first-order valence-electron chi connectivity index (χ1n) is 6.94. The fourth-order valence-corrected chi connectivity index (χ4v) is 3.44. The number of hydrogen-bond acceptors (Lipinski definition) is 1. The minimum atomic E-state index is 0.726. The van der Waals surface area contributed by atoms with E-state index in [4.69, 9.17) is 0 Å². The van der Waals surface area contributed by atoms with E-state index in [9.17, 15) is 0 Å². The van der Waals surface area contributed by atoms with Gasteiger partial charge in [0.25, 0.3) is 0 Å². The average molecular weight is 242 g/mol. The minimum absolute atomic E-state index is 0.726. The molecule has 3 rings (SSSR count). The number of rotatable bonds is 1. The molecular weight excluding hydrogens is 220 g/mol. The van der Waals surface area contributed by atoms with Gasteiger partial charge in [0.15, 0.2) is 0 Å². The second-order valence-corrected chi connectivity index (χ2v) is 5.61. The number of piperidine rings is 1. The Morgan fingerprint density at radius 2 is 1.89 bits per heavy atom. The lowest BCUT2D eigenvalue weighted by Gasteiger charge is -2.24. The van der Waals surface area contributed by atoms with E-state index in [1.54, 1.807) is 5.69 Å². The third kappa shape index (κ3) is 1.76. The molecule has 2 nitrogen and oxygen atoms in total. The topological polar surface area (TPSA) is 17.0 Å². The molecule has 2 heteroatoms. The van der Waals surface area contributed by atoms with Crippen LogP contribution in [0.5, 0.6) is 0 Å². The molecule has 1 aliphatic rings. The van der Waals surface area contributed by atoms with E-state index in [1.165, 1.54) is 34.9 Å². The van der Waals surface area contributed by atoms with Crippen LogP contribution < -0.4 is 5.32 Å². The summed E-state index contributed by atoms with van der Waals surface area (Å²) in [6.45, 7) is 6.78. The van der Waals surface area contributed by atoms with Crippen LogP contribution >= 0.6 is 0 Å². The molecule has 0 bridgehead atoms. The largest absolute Gasteiger partial charge is 0.347 e. The van der Waals surface area contributed by atoms with E-state index >= 15 is 0 Å². The molecule has 0 spiro atoms. The van der Waals surface area contributed by atoms with Gasteiger partial charge in [-0.25, -0.2) is 0 Å². The number of hydrogen-bond donors (Lipinski definition) is 1. The summed E-state index contributed by atoms with van der Waals surface area (Å²) < 4.78 is 2.42. The van der Waals surface area contributed by atoms with Gasteiger partial charge in [-0.2, -0.15) is 0 Å². The van der Waals surface area contributed by atoms with Gasteiger partial charge in [0.1, 0.15) is 0 Å². The number of benzene rings is 1. The first-order valence-corrected chi connectivity index (χ1v) is 6.94. The number of nitrogens with one attached hydrogen (secondary N) is 1. The summed E-state index contributed by atoms with van der Waals surface area (Å²) in [5.74, 6) is 0.726. The Bertz CT molecular complexity index is 574. The third-order valence-electron chi connectivity index (χ3n) is 4.39. The van der Waals surface area contributed by atoms with Crippen molar-refractivity contribution in [3.05, 3.63) is 35.0 Å². The summed E-state index contributed by atoms with van der Waals surface area (Å²) >= 11 is 0. The summed E-state index contributed by atoms with van der Waals surface area (Å²) in [6.07, 6.45) is 2.54. The van der Waals surface area contributed by atoms with Crippen molar-refractivity contribution in [2.45, 2.75) is 32.6 Å². The van der Waals surface area contributed by atoms with Gasteiger partial charge in [0.2, 0.25) is 0 Å². The fourth-order valence-electron chi connectivity index (χ4n) is 3.44. The molecule has 1 aliphatic heterocycles. The van der Waals surface area contributed by atoms with Crippen LogP contribution in [0.15, 0.2) is 18.2 Å². The summed E-state index contributed by atoms with van der Waals surface area (Å²) in [6, 6.07) is 6.81. The minimum Gasteiger partial charge on any atom is -0.347 e. The zero-order valence-electron chi connectivity index (χ0n) is 11.6. The molecule has 2 aromatic rings. The molecule has 1 saturated heterocycles. The highest BCUT2D eigenvalue weighted by Gasteiger charge is 2.22. The zero-order valence-corrected chi connectivity index (χ0v) is 11.6. The zero-order chi connectivity index (χ0) is 12.7. The van der Waals surface area contributed by atoms with Crippen LogP contribution in [0.25, 0.3) is 10.9 Å². The Morgan fingerprint density at radius 3 is 2.61 bits per heavy atom. The smallest absolute Gasteiger partial charge is 0.0482 e. The molecule has 96 valence electrons. The van der Waals surface area contributed by atoms with E-state index in [0.29, 0.717) is 0 Å². The van der Waals surface area contributed by atoms with Crippen molar-refractivity contribution in [3.8, 4) is 0 Å². The van der Waals surface area contributed by atoms with Crippen molar-refractivity contribution in [2.75, 3.05) is 13.1 Å². The van der Waals surface area contributed by atoms with Crippen LogP contribution in [0.4, 0.5) is 0 Å². The molecule has 18 heavy (non-hydrogen) atoms. The SMILES string of the molecule is Cc1ccc2c(c1)c(C)c(C1CCNCC1)n2C. The summed E-state index contributed by atoms with van der Waals surface area (Å²) in [7, 11) is 2.22. The lowest BCUT2D eigenvalue weighted by Crippen LogP contribution is -2.27. The Balaban J connectivity index is 2.16. The van der Waals surface area contributed by atoms with Gasteiger partial charge in [-0.15, -0.1) is 0 Å². The quantitative estimate of drug-likeness (QED) is 0.812. The third-order valence-corrected chi connectivity index (χ3v) is 4.39. The normalized spacial score (nSPS) is 17.5. The number of fused-ring (bicyclic) bond motifs is 1. The molecule has 0 radical (unpaired) electrons. The molecule has 1 N–H and O–H groups in total. The van der Waals surface area contributed by atoms with Gasteiger partial charge in [-0.1, -0.05) is 11.6 Å². The molecule has 1 fully saturated rings. The monoisotopic (exact) mass is 242 g/mol. The Kier molecular flexibility index (Phi) is 2.90. The molecule has 1 aromatic carbocycles. The number of aryl methyl sites for hydroxylation is 3. The summed E-state index contributed by atoms with van der Waals surface area (Å²) in [5, 5.41) is 4.89. The highest BCUT2D eigenvalue weighted by Crippen LogP contribution is 2.34. The maximum absolute atomic E-state index is 3.46. The number of nitrogens with zero attached hydrogens (tertiary/aromatic N) is 1. The van der Waals surface area contributed by atoms with Crippen molar-refractivity contribution in [3.63, 3.8) is 0 Å². The van der Waals surface area contributed by atoms with Crippen molar-refractivity contribution in [1.29, 1.82) is 0 Å². The van der Waals surface area contributed by atoms with Gasteiger partial charge in [0, 0.05) is 29.6 Å². The fraction of sp³-hybridized carbons (Fsp3) is 0.500. The lowest BCUT2D eigenvalue weighted by atomic mass is 9.92. The van der Waals surface area contributed by atoms with Crippen LogP contribution in [0.2, 0.25) is 0 Å². The van der Waals surface area contributed by atoms with Crippen LogP contribution in [-0.2, 0) is 7.05 Å². The molecule has 0 atom stereocenters. The first kappa shape index (κ1) is 11.8. The van der Waals surface area contributed by atoms with Crippen molar-refractivity contribution in [1.82, 2.24) is 9.88 Å². The van der Waals surface area contributed by atoms with E-state index in [0.717, 1.165) is 19.0 Å². The second-order valence-electron chi connectivity index (χ2n) is 5.61. The van der Waals surface area contributed by atoms with Crippen molar-refractivity contribution < 1.29 is 0 Å². The molecule has 1 aromatic heterocycles. The average Bonchev–Trinajstić information content (AvgIpc) is 2.63. The molecule has 2 heterocycles. The van der Waals surface area contributed by atoms with Gasteiger partial charge < -0.3 is 9.88 Å². The maximum Gasteiger partial charge on any atom is 0.0482 e. The van der Waals surface area contributed by atoms with E-state index in [-0.39, 0.29) is 0 Å². The highest BCUT2D eigenvalue weighted by atomic mass is 15.0. The standard InChI is InChI=1S/C16H22N2/c1-11-4-5-15-14(10-11)12(2)16(18(15)3)13-6-8-17-9-7-13/h4-5,10,13,17H,6-9H2,1-3H3. The van der Waals surface area contributed by atoms with Crippen LogP contribution in [0, 0.1) is 13.8 Å². The predicted octanol–water partition coefficient (Wildman–Crippen LogP) is 3.26. The van der Waals surface area contributed by atoms with Gasteiger partial charge in [0.05, 0.1) is 0 Å². The number of aromatic nitrogens is 1. The van der Waals surface area contributed by atoms with Crippen molar-refractivity contribution >= 4 is 10.9 Å². The predicted molar refractivity (Wildman–Crippen MR) is 77.2 cm³/mol. The Hall–Kier alpha value is -1.28. The van der Waals surface area contributed by atoms with E-state index in [1.807, 2.05) is 0 Å². The molecule has 0 aliphatic carbocycles. The molecule has 0 amide bonds. The molecule has 0 unspecified atom stereocenters. The molecular formula is C16H22N2. The lowest BCUT2D eigenvalue weighted by molar-refractivity contribution is 0.445. The van der Waals surface area contributed by atoms with Gasteiger partial charge in [-0.3, -0.25) is 0 Å². The van der Waals surface area contributed by atoms with Crippen LogP contribution in [0.3, 0.4) is 0 Å². The van der Waals surface area contributed by atoms with E-state index in [2.05, 4.69) is 49.0 Å². The van der Waals surface area contributed by atoms with E-state index < -0.39 is 0 Å². The van der Waals surface area contributed by atoms with Crippen LogP contribution in [-0.4, -0.2) is 17.7 Å². The maximum atomic E-state index is 3.46. The van der Waals surface area contributed by atoms with Gasteiger partial charge in [-0.05, 0) is 57.5 Å². The van der Waals surface area contributed by atoms with Crippen LogP contribution in [0.1, 0.15) is 35.6 Å². The Morgan fingerprint density at radius 1 is 1.17 bits per heavy atom. The van der Waals surface area contributed by atoms with Gasteiger partial charge >= 0.3 is 0 Å². The van der Waals surface area contributed by atoms with Crippen molar-refractivity contribution in [2.24, 2.45) is 7.05 Å². The summed E-state index contributed by atoms with van der Waals surface area (Å²) in [4.78, 5) is 0. The summed E-state index contributed by atoms with van der Waals surface area (Å²) in [5.41, 5.74) is 5.78. The molecule has 0 saturated carbocycles. The second kappa shape index (κ2) is 4.43. The Labute approximate surface area is 109 Å². The first-order chi connectivity index (χ1) is 8.68. The highest BCUT2D eigenvalue weighted by molar-refractivity contribution is 5.86.